The van der Waals surface area contributed by atoms with E-state index >= 15 is 0 Å². The zero-order valence-corrected chi connectivity index (χ0v) is 17.7. The van der Waals surface area contributed by atoms with Gasteiger partial charge >= 0.3 is 5.97 Å². The number of nitrogens with zero attached hydrogens (tertiary/aromatic N) is 1. The van der Waals surface area contributed by atoms with Crippen molar-refractivity contribution >= 4 is 11.9 Å². The number of hydrogen-bond donors (Lipinski definition) is 1. The lowest BCUT2D eigenvalue weighted by atomic mass is 9.50. The van der Waals surface area contributed by atoms with Crippen LogP contribution in [0, 0.1) is 17.3 Å². The van der Waals surface area contributed by atoms with Gasteiger partial charge in [-0.05, 0) is 86.3 Å². The second-order valence-corrected chi connectivity index (χ2v) is 9.72. The molecule has 4 rings (SSSR count). The monoisotopic (exact) mass is 397 g/mol. The quantitative estimate of drug-likeness (QED) is 0.615. The summed E-state index contributed by atoms with van der Waals surface area (Å²) >= 11 is 0. The number of carboxylic acids is 1. The Morgan fingerprint density at radius 3 is 2.45 bits per heavy atom. The Hall–Kier alpha value is -1.84. The van der Waals surface area contributed by atoms with Gasteiger partial charge in [0.05, 0.1) is 5.56 Å². The van der Waals surface area contributed by atoms with E-state index < -0.39 is 5.97 Å². The van der Waals surface area contributed by atoms with Gasteiger partial charge in [-0.1, -0.05) is 31.9 Å². The first-order valence-corrected chi connectivity index (χ1v) is 11.6. The first kappa shape index (κ1) is 20.4. The minimum Gasteiger partial charge on any atom is -0.478 e. The molecular formula is C25H35NO3. The second-order valence-electron chi connectivity index (χ2n) is 9.72. The smallest absolute Gasteiger partial charge is 0.335 e. The minimum absolute atomic E-state index is 0.294. The van der Waals surface area contributed by atoms with E-state index in [1.165, 1.54) is 44.9 Å². The molecule has 1 saturated heterocycles. The summed E-state index contributed by atoms with van der Waals surface area (Å²) in [5.74, 6) is 1.15. The molecule has 0 radical (unpaired) electrons. The zero-order valence-electron chi connectivity index (χ0n) is 17.7. The molecule has 2 unspecified atom stereocenters. The number of likely N-dealkylation sites (tertiary alicyclic amines) is 1. The van der Waals surface area contributed by atoms with E-state index in [4.69, 9.17) is 5.11 Å². The van der Waals surface area contributed by atoms with Crippen molar-refractivity contribution in [1.82, 2.24) is 4.90 Å². The maximum atomic E-state index is 12.5. The van der Waals surface area contributed by atoms with E-state index in [2.05, 4.69) is 11.8 Å². The van der Waals surface area contributed by atoms with Crippen LogP contribution in [0.4, 0.5) is 0 Å². The molecule has 2 saturated carbocycles. The van der Waals surface area contributed by atoms with Gasteiger partial charge in [-0.2, -0.15) is 0 Å². The fourth-order valence-corrected chi connectivity index (χ4v) is 6.07. The number of amides is 1. The summed E-state index contributed by atoms with van der Waals surface area (Å²) in [6.07, 6.45) is 13.5. The molecule has 4 heteroatoms. The number of hydrogen-bond acceptors (Lipinski definition) is 2. The Balaban J connectivity index is 1.30. The van der Waals surface area contributed by atoms with Gasteiger partial charge in [-0.3, -0.25) is 4.79 Å². The molecule has 1 amide bonds. The average Bonchev–Trinajstić information content (AvgIpc) is 2.99. The van der Waals surface area contributed by atoms with E-state index in [1.54, 1.807) is 12.1 Å². The molecule has 0 aromatic heterocycles. The van der Waals surface area contributed by atoms with Crippen LogP contribution >= 0.6 is 0 Å². The summed E-state index contributed by atoms with van der Waals surface area (Å²) in [6, 6.07) is 7.45. The van der Waals surface area contributed by atoms with Crippen molar-refractivity contribution in [1.29, 1.82) is 0 Å². The summed E-state index contributed by atoms with van der Waals surface area (Å²) in [5.41, 5.74) is 2.03. The predicted octanol–water partition coefficient (Wildman–Crippen LogP) is 5.31. The van der Waals surface area contributed by atoms with Crippen LogP contribution in [0.3, 0.4) is 0 Å². The lowest BCUT2D eigenvalue weighted by Gasteiger charge is -2.55. The van der Waals surface area contributed by atoms with Crippen molar-refractivity contribution in [3.8, 4) is 0 Å². The first-order valence-electron chi connectivity index (χ1n) is 11.6. The first-order chi connectivity index (χ1) is 14.0. The van der Waals surface area contributed by atoms with Gasteiger partial charge in [0.15, 0.2) is 0 Å². The number of benzene rings is 1. The molecule has 0 bridgehead atoms. The number of rotatable bonds is 9. The van der Waals surface area contributed by atoms with E-state index in [0.29, 0.717) is 29.3 Å². The minimum atomic E-state index is -0.897. The summed E-state index contributed by atoms with van der Waals surface area (Å²) < 4.78 is 0. The summed E-state index contributed by atoms with van der Waals surface area (Å²) in [7, 11) is 0. The Labute approximate surface area is 174 Å². The molecule has 1 aromatic rings. The molecule has 1 N–H and O–H groups in total. The van der Waals surface area contributed by atoms with Crippen LogP contribution in [0.5, 0.6) is 0 Å². The third kappa shape index (κ3) is 4.08. The fraction of sp³-hybridized carbons (Fsp3) is 0.680. The lowest BCUT2D eigenvalue weighted by molar-refractivity contribution is -0.129. The van der Waals surface area contributed by atoms with Crippen molar-refractivity contribution in [2.45, 2.75) is 83.6 Å². The zero-order chi connectivity index (χ0) is 20.4. The fourth-order valence-electron chi connectivity index (χ4n) is 6.07. The standard InChI is InChI=1S/C25H35NO3/c1-18(25(15-3-16-25)21-4-2-5-21)6-11-22-12-13-23(27)26(22)17-14-19-7-9-20(10-8-19)24(28)29/h7-10,18,21-22H,2-6,11-17H2,1H3,(H,28,29). The molecular weight excluding hydrogens is 362 g/mol. The van der Waals surface area contributed by atoms with Gasteiger partial charge in [0, 0.05) is 19.0 Å². The van der Waals surface area contributed by atoms with E-state index in [1.807, 2.05) is 12.1 Å². The van der Waals surface area contributed by atoms with Crippen LogP contribution in [0.2, 0.25) is 0 Å². The lowest BCUT2D eigenvalue weighted by Crippen LogP contribution is -2.46. The predicted molar refractivity (Wildman–Crippen MR) is 114 cm³/mol. The molecule has 1 heterocycles. The van der Waals surface area contributed by atoms with Crippen LogP contribution in [0.15, 0.2) is 24.3 Å². The summed E-state index contributed by atoms with van der Waals surface area (Å²) in [6.45, 7) is 3.22. The SMILES string of the molecule is CC(CCC1CCC(=O)N1CCc1ccc(C(=O)O)cc1)C1(C2CCC2)CCC1. The van der Waals surface area contributed by atoms with Crippen molar-refractivity contribution in [3.05, 3.63) is 35.4 Å². The highest BCUT2D eigenvalue weighted by Crippen LogP contribution is 2.59. The molecule has 29 heavy (non-hydrogen) atoms. The van der Waals surface area contributed by atoms with E-state index in [9.17, 15) is 9.59 Å². The molecule has 3 fully saturated rings. The third-order valence-electron chi connectivity index (χ3n) is 8.41. The van der Waals surface area contributed by atoms with Crippen molar-refractivity contribution < 1.29 is 14.7 Å². The Morgan fingerprint density at radius 2 is 1.90 bits per heavy atom. The molecule has 2 aliphatic carbocycles. The Kier molecular flexibility index (Phi) is 5.98. The second kappa shape index (κ2) is 8.49. The van der Waals surface area contributed by atoms with Gasteiger partial charge in [0.25, 0.3) is 0 Å². The van der Waals surface area contributed by atoms with Gasteiger partial charge in [0.2, 0.25) is 5.91 Å². The maximum absolute atomic E-state index is 12.5. The van der Waals surface area contributed by atoms with Gasteiger partial charge in [-0.25, -0.2) is 4.79 Å². The van der Waals surface area contributed by atoms with Crippen molar-refractivity contribution in [2.75, 3.05) is 6.54 Å². The molecule has 3 aliphatic rings. The molecule has 158 valence electrons. The van der Waals surface area contributed by atoms with Gasteiger partial charge in [-0.15, -0.1) is 0 Å². The topological polar surface area (TPSA) is 57.6 Å². The number of carboxylic acid groups (broad SMARTS) is 1. The van der Waals surface area contributed by atoms with Gasteiger partial charge in [0.1, 0.15) is 0 Å². The van der Waals surface area contributed by atoms with Crippen molar-refractivity contribution in [2.24, 2.45) is 17.3 Å². The van der Waals surface area contributed by atoms with Crippen LogP contribution in [0.1, 0.15) is 87.1 Å². The Morgan fingerprint density at radius 1 is 1.17 bits per heavy atom. The van der Waals surface area contributed by atoms with Crippen LogP contribution in [-0.4, -0.2) is 34.5 Å². The van der Waals surface area contributed by atoms with E-state index in [-0.39, 0.29) is 0 Å². The highest BCUT2D eigenvalue weighted by atomic mass is 16.4. The molecule has 2 atom stereocenters. The third-order valence-corrected chi connectivity index (χ3v) is 8.41. The Bertz CT molecular complexity index is 733. The highest BCUT2D eigenvalue weighted by molar-refractivity contribution is 5.87. The maximum Gasteiger partial charge on any atom is 0.335 e. The molecule has 4 nitrogen and oxygen atoms in total. The van der Waals surface area contributed by atoms with Crippen molar-refractivity contribution in [3.63, 3.8) is 0 Å². The van der Waals surface area contributed by atoms with Crippen LogP contribution in [0.25, 0.3) is 0 Å². The molecule has 0 spiro atoms. The number of carbonyl (C=O) groups is 2. The highest BCUT2D eigenvalue weighted by Gasteiger charge is 2.49. The number of carbonyl (C=O) groups excluding carboxylic acids is 1. The largest absolute Gasteiger partial charge is 0.478 e. The summed E-state index contributed by atoms with van der Waals surface area (Å²) in [4.78, 5) is 25.6. The number of aromatic carboxylic acids is 1. The molecule has 1 aromatic carbocycles. The molecule has 1 aliphatic heterocycles. The van der Waals surface area contributed by atoms with Crippen LogP contribution < -0.4 is 0 Å². The van der Waals surface area contributed by atoms with E-state index in [0.717, 1.165) is 43.2 Å². The summed E-state index contributed by atoms with van der Waals surface area (Å²) in [5, 5.41) is 9.03. The normalized spacial score (nSPS) is 24.8. The van der Waals surface area contributed by atoms with Gasteiger partial charge < -0.3 is 10.0 Å². The average molecular weight is 398 g/mol. The van der Waals surface area contributed by atoms with Crippen LogP contribution in [-0.2, 0) is 11.2 Å².